The van der Waals surface area contributed by atoms with Crippen LogP contribution in [0.3, 0.4) is 0 Å². The van der Waals surface area contributed by atoms with E-state index in [0.29, 0.717) is 16.5 Å². The van der Waals surface area contributed by atoms with E-state index in [1.807, 2.05) is 20.8 Å². The monoisotopic (exact) mass is 331 g/mol. The van der Waals surface area contributed by atoms with Crippen LogP contribution in [0.25, 0.3) is 0 Å². The summed E-state index contributed by atoms with van der Waals surface area (Å²) in [4.78, 5) is 11.6. The molecule has 0 aliphatic rings. The molecular weight excluding hydrogens is 313 g/mol. The molecule has 0 aromatic heterocycles. The molecule has 0 heterocycles. The summed E-state index contributed by atoms with van der Waals surface area (Å²) in [6.45, 7) is 7.34. The molecule has 0 spiro atoms. The Labute approximate surface area is 121 Å². The topological polar surface area (TPSA) is 38.3 Å². The lowest BCUT2D eigenvalue weighted by molar-refractivity contribution is 0.0995. The molecule has 1 N–H and O–H groups in total. The van der Waals surface area contributed by atoms with Crippen molar-refractivity contribution in [1.82, 2.24) is 5.32 Å². The Kier molecular flexibility index (Phi) is 5.35. The maximum absolute atomic E-state index is 13.8. The quantitative estimate of drug-likeness (QED) is 0.907. The van der Waals surface area contributed by atoms with Crippen LogP contribution >= 0.6 is 15.9 Å². The van der Waals surface area contributed by atoms with Crippen LogP contribution in [-0.4, -0.2) is 17.7 Å². The lowest BCUT2D eigenvalue weighted by Crippen LogP contribution is -2.42. The zero-order chi connectivity index (χ0) is 14.6. The van der Waals surface area contributed by atoms with E-state index >= 15 is 0 Å². The summed E-state index contributed by atoms with van der Waals surface area (Å²) in [7, 11) is 0. The predicted octanol–water partition coefficient (Wildman–Crippen LogP) is 4.04. The van der Waals surface area contributed by atoms with Crippen LogP contribution < -0.4 is 5.32 Å². The first kappa shape index (κ1) is 16.0. The summed E-state index contributed by atoms with van der Waals surface area (Å²) in [5, 5.41) is 2.70. The van der Waals surface area contributed by atoms with E-state index in [9.17, 15) is 9.18 Å². The molecule has 5 heteroatoms. The summed E-state index contributed by atoms with van der Waals surface area (Å²) in [6, 6.07) is 5.07. The molecule has 106 valence electrons. The standard InChI is InChI=1S/C14H19BrFNO2/c1-9(19-13(18)17-14(2,3)4)8-10-6-5-7-11(15)12(10)16/h5-7,9H,8H2,1-4H3,(H,17,18)/t9-/m1/s1. The Morgan fingerprint density at radius 2 is 2.11 bits per heavy atom. The lowest BCUT2D eigenvalue weighted by Gasteiger charge is -2.22. The highest BCUT2D eigenvalue weighted by molar-refractivity contribution is 9.10. The summed E-state index contributed by atoms with van der Waals surface area (Å²) in [5.41, 5.74) is 0.170. The van der Waals surface area contributed by atoms with Crippen LogP contribution in [-0.2, 0) is 11.2 Å². The smallest absolute Gasteiger partial charge is 0.407 e. The lowest BCUT2D eigenvalue weighted by atomic mass is 10.1. The number of hydrogen-bond donors (Lipinski definition) is 1. The third-order valence-corrected chi connectivity index (χ3v) is 2.94. The summed E-state index contributed by atoms with van der Waals surface area (Å²) >= 11 is 3.13. The number of amides is 1. The van der Waals surface area contributed by atoms with Gasteiger partial charge in [0.2, 0.25) is 0 Å². The van der Waals surface area contributed by atoms with Gasteiger partial charge in [0.1, 0.15) is 11.9 Å². The predicted molar refractivity (Wildman–Crippen MR) is 76.6 cm³/mol. The van der Waals surface area contributed by atoms with E-state index in [1.165, 1.54) is 0 Å². The molecule has 3 nitrogen and oxygen atoms in total. The highest BCUT2D eigenvalue weighted by Gasteiger charge is 2.18. The molecular formula is C14H19BrFNO2. The fourth-order valence-corrected chi connectivity index (χ4v) is 1.98. The first-order valence-electron chi connectivity index (χ1n) is 6.11. The van der Waals surface area contributed by atoms with Crippen molar-refractivity contribution in [2.45, 2.75) is 45.8 Å². The van der Waals surface area contributed by atoms with Gasteiger partial charge in [0.05, 0.1) is 4.47 Å². The van der Waals surface area contributed by atoms with Gasteiger partial charge in [-0.1, -0.05) is 12.1 Å². The molecule has 0 aliphatic carbocycles. The van der Waals surface area contributed by atoms with Crippen LogP contribution in [0.2, 0.25) is 0 Å². The van der Waals surface area contributed by atoms with Gasteiger partial charge in [-0.25, -0.2) is 9.18 Å². The molecule has 0 unspecified atom stereocenters. The Balaban J connectivity index is 2.58. The van der Waals surface area contributed by atoms with E-state index in [1.54, 1.807) is 25.1 Å². The molecule has 1 amide bonds. The number of hydrogen-bond acceptors (Lipinski definition) is 2. The summed E-state index contributed by atoms with van der Waals surface area (Å²) < 4.78 is 19.4. The number of nitrogens with one attached hydrogen (secondary N) is 1. The molecule has 0 fully saturated rings. The van der Waals surface area contributed by atoms with Gasteiger partial charge in [-0.15, -0.1) is 0 Å². The molecule has 0 radical (unpaired) electrons. The number of halogens is 2. The van der Waals surface area contributed by atoms with Gasteiger partial charge < -0.3 is 10.1 Å². The first-order valence-corrected chi connectivity index (χ1v) is 6.90. The minimum Gasteiger partial charge on any atom is -0.446 e. The Morgan fingerprint density at radius 1 is 1.47 bits per heavy atom. The van der Waals surface area contributed by atoms with Crippen molar-refractivity contribution < 1.29 is 13.9 Å². The largest absolute Gasteiger partial charge is 0.446 e. The van der Waals surface area contributed by atoms with E-state index < -0.39 is 12.2 Å². The SMILES string of the molecule is C[C@H](Cc1cccc(Br)c1F)OC(=O)NC(C)(C)C. The highest BCUT2D eigenvalue weighted by atomic mass is 79.9. The molecule has 0 aliphatic heterocycles. The summed E-state index contributed by atoms with van der Waals surface area (Å²) in [6.07, 6.45) is -0.551. The van der Waals surface area contributed by atoms with E-state index in [4.69, 9.17) is 4.74 Å². The minimum atomic E-state index is -0.490. The fourth-order valence-electron chi connectivity index (χ4n) is 1.58. The highest BCUT2D eigenvalue weighted by Crippen LogP contribution is 2.20. The second-order valence-corrected chi connectivity index (χ2v) is 6.36. The average Bonchev–Trinajstić information content (AvgIpc) is 2.21. The molecule has 19 heavy (non-hydrogen) atoms. The van der Waals surface area contributed by atoms with Crippen molar-refractivity contribution in [2.24, 2.45) is 0 Å². The van der Waals surface area contributed by atoms with Gasteiger partial charge in [-0.05, 0) is 55.3 Å². The minimum absolute atomic E-state index is 0.311. The number of carbonyl (C=O) groups excluding carboxylic acids is 1. The maximum atomic E-state index is 13.8. The van der Waals surface area contributed by atoms with E-state index in [-0.39, 0.29) is 11.4 Å². The molecule has 1 aromatic carbocycles. The molecule has 1 aromatic rings. The fraction of sp³-hybridized carbons (Fsp3) is 0.500. The van der Waals surface area contributed by atoms with Gasteiger partial charge in [0, 0.05) is 12.0 Å². The van der Waals surface area contributed by atoms with Gasteiger partial charge in [-0.2, -0.15) is 0 Å². The Morgan fingerprint density at radius 3 is 2.68 bits per heavy atom. The molecule has 0 saturated heterocycles. The van der Waals surface area contributed by atoms with Crippen molar-refractivity contribution in [1.29, 1.82) is 0 Å². The van der Waals surface area contributed by atoms with Gasteiger partial charge in [0.15, 0.2) is 0 Å². The van der Waals surface area contributed by atoms with Crippen molar-refractivity contribution >= 4 is 22.0 Å². The van der Waals surface area contributed by atoms with Crippen molar-refractivity contribution in [3.63, 3.8) is 0 Å². The van der Waals surface area contributed by atoms with Crippen molar-refractivity contribution in [3.05, 3.63) is 34.1 Å². The average molecular weight is 332 g/mol. The van der Waals surface area contributed by atoms with E-state index in [2.05, 4.69) is 21.2 Å². The molecule has 1 atom stereocenters. The van der Waals surface area contributed by atoms with Crippen molar-refractivity contribution in [3.8, 4) is 0 Å². The van der Waals surface area contributed by atoms with Crippen LogP contribution in [0.15, 0.2) is 22.7 Å². The number of carbonyl (C=O) groups is 1. The van der Waals surface area contributed by atoms with E-state index in [0.717, 1.165) is 0 Å². The normalized spacial score (nSPS) is 12.9. The zero-order valence-corrected chi connectivity index (χ0v) is 13.2. The molecule has 1 rings (SSSR count). The second kappa shape index (κ2) is 6.37. The molecule has 0 saturated carbocycles. The summed E-state index contributed by atoms with van der Waals surface area (Å²) in [5.74, 6) is -0.311. The first-order chi connectivity index (χ1) is 8.69. The third-order valence-electron chi connectivity index (χ3n) is 2.32. The van der Waals surface area contributed by atoms with Crippen LogP contribution in [0.4, 0.5) is 9.18 Å². The van der Waals surface area contributed by atoms with Gasteiger partial charge in [0.25, 0.3) is 0 Å². The third kappa shape index (κ3) is 5.59. The van der Waals surface area contributed by atoms with Gasteiger partial charge >= 0.3 is 6.09 Å². The number of benzene rings is 1. The zero-order valence-electron chi connectivity index (χ0n) is 11.6. The second-order valence-electron chi connectivity index (χ2n) is 5.51. The molecule has 0 bridgehead atoms. The van der Waals surface area contributed by atoms with Crippen LogP contribution in [0.1, 0.15) is 33.3 Å². The maximum Gasteiger partial charge on any atom is 0.407 e. The number of ether oxygens (including phenoxy) is 1. The Bertz CT molecular complexity index is 457. The van der Waals surface area contributed by atoms with Crippen molar-refractivity contribution in [2.75, 3.05) is 0 Å². The van der Waals surface area contributed by atoms with Crippen LogP contribution in [0.5, 0.6) is 0 Å². The van der Waals surface area contributed by atoms with Gasteiger partial charge in [-0.3, -0.25) is 0 Å². The van der Waals surface area contributed by atoms with Crippen LogP contribution in [0, 0.1) is 5.82 Å². The number of rotatable bonds is 3. The Hall–Kier alpha value is -1.10. The number of alkyl carbamates (subject to hydrolysis) is 1.